The van der Waals surface area contributed by atoms with Crippen LogP contribution in [-0.4, -0.2) is 28.4 Å². The lowest BCUT2D eigenvalue weighted by atomic mass is 10.4. The van der Waals surface area contributed by atoms with Gasteiger partial charge in [0, 0.05) is 5.30 Å². The predicted molar refractivity (Wildman–Crippen MR) is 53.6 cm³/mol. The zero-order valence-corrected chi connectivity index (χ0v) is 8.38. The Morgan fingerprint density at radius 2 is 1.93 bits per heavy atom. The second kappa shape index (κ2) is 4.94. The molecule has 2 unspecified atom stereocenters. The molecule has 0 spiro atoms. The molecule has 76 valence electrons. The van der Waals surface area contributed by atoms with E-state index in [2.05, 4.69) is 0 Å². The molecule has 0 aromatic heterocycles. The summed E-state index contributed by atoms with van der Waals surface area (Å²) in [5.41, 5.74) is -1.18. The van der Waals surface area contributed by atoms with Crippen molar-refractivity contribution in [3.05, 3.63) is 30.3 Å². The van der Waals surface area contributed by atoms with E-state index in [4.69, 9.17) is 10.2 Å². The Bertz CT molecular complexity index is 336. The normalized spacial score (nSPS) is 14.6. The van der Waals surface area contributed by atoms with Crippen LogP contribution in [0.25, 0.3) is 0 Å². The summed E-state index contributed by atoms with van der Waals surface area (Å²) in [4.78, 5) is 10.6. The van der Waals surface area contributed by atoms with Gasteiger partial charge < -0.3 is 14.8 Å². The van der Waals surface area contributed by atoms with Gasteiger partial charge in [-0.3, -0.25) is 4.79 Å². The molecule has 1 rings (SSSR count). The summed E-state index contributed by atoms with van der Waals surface area (Å²) in [5.74, 6) is -1.22. The number of benzene rings is 1. The molecule has 0 fully saturated rings. The second-order valence-electron chi connectivity index (χ2n) is 2.80. The highest BCUT2D eigenvalue weighted by Crippen LogP contribution is 2.26. The van der Waals surface area contributed by atoms with Crippen molar-refractivity contribution < 1.29 is 19.6 Å². The van der Waals surface area contributed by atoms with Crippen molar-refractivity contribution in [1.82, 2.24) is 0 Å². The number of carbonyl (C=O) groups is 1. The Morgan fingerprint density at radius 3 is 2.36 bits per heavy atom. The largest absolute Gasteiger partial charge is 0.481 e. The zero-order chi connectivity index (χ0) is 10.6. The highest BCUT2D eigenvalue weighted by molar-refractivity contribution is 7.55. The summed E-state index contributed by atoms with van der Waals surface area (Å²) in [7, 11) is -2.46. The smallest absolute Gasteiger partial charge is 0.316 e. The first kappa shape index (κ1) is 11.0. The Labute approximate surface area is 82.0 Å². The molecule has 0 amide bonds. The lowest BCUT2D eigenvalue weighted by molar-refractivity contribution is -0.137. The molecule has 0 saturated heterocycles. The van der Waals surface area contributed by atoms with Crippen LogP contribution in [0, 0.1) is 0 Å². The van der Waals surface area contributed by atoms with Gasteiger partial charge in [0.05, 0.1) is 6.61 Å². The van der Waals surface area contributed by atoms with Gasteiger partial charge in [-0.1, -0.05) is 30.3 Å². The van der Waals surface area contributed by atoms with Crippen LogP contribution in [0.1, 0.15) is 0 Å². The molecular weight excluding hydrogens is 203 g/mol. The van der Waals surface area contributed by atoms with Crippen molar-refractivity contribution in [3.8, 4) is 0 Å². The monoisotopic (exact) mass is 214 g/mol. The van der Waals surface area contributed by atoms with Gasteiger partial charge in [0.25, 0.3) is 0 Å². The van der Waals surface area contributed by atoms with E-state index >= 15 is 0 Å². The van der Waals surface area contributed by atoms with Crippen LogP contribution in [-0.2, 0) is 9.36 Å². The molecule has 14 heavy (non-hydrogen) atoms. The van der Waals surface area contributed by atoms with Gasteiger partial charge in [0.1, 0.15) is 13.5 Å². The molecule has 0 bridgehead atoms. The molecule has 0 aliphatic carbocycles. The summed E-state index contributed by atoms with van der Waals surface area (Å²) < 4.78 is 11.7. The molecule has 4 nitrogen and oxygen atoms in total. The molecule has 0 aliphatic heterocycles. The number of rotatable bonds is 4. The minimum absolute atomic E-state index is 0.485. The third-order valence-electron chi connectivity index (χ3n) is 1.86. The summed E-state index contributed by atoms with van der Waals surface area (Å²) in [6.07, 6.45) is 0. The number of carboxylic acids is 1. The average Bonchev–Trinajstić information content (AvgIpc) is 2.19. The first-order valence-electron chi connectivity index (χ1n) is 4.09. The van der Waals surface area contributed by atoms with Crippen LogP contribution in [0.3, 0.4) is 0 Å². The van der Waals surface area contributed by atoms with Crippen LogP contribution in [0.5, 0.6) is 0 Å². The van der Waals surface area contributed by atoms with Crippen molar-refractivity contribution in [3.63, 3.8) is 0 Å². The topological polar surface area (TPSA) is 74.6 Å². The highest BCUT2D eigenvalue weighted by atomic mass is 31.1. The van der Waals surface area contributed by atoms with Gasteiger partial charge in [-0.05, 0) is 0 Å². The van der Waals surface area contributed by atoms with E-state index in [1.807, 2.05) is 0 Å². The van der Waals surface area contributed by atoms with Crippen molar-refractivity contribution in [2.45, 2.75) is 5.66 Å². The molecule has 0 heterocycles. The second-order valence-corrected chi connectivity index (χ2v) is 4.81. The van der Waals surface area contributed by atoms with E-state index in [1.54, 1.807) is 30.3 Å². The summed E-state index contributed by atoms with van der Waals surface area (Å²) >= 11 is 0. The minimum Gasteiger partial charge on any atom is -0.481 e. The first-order chi connectivity index (χ1) is 6.66. The highest BCUT2D eigenvalue weighted by Gasteiger charge is 2.24. The minimum atomic E-state index is -2.46. The third-order valence-corrected chi connectivity index (χ3v) is 3.82. The molecule has 5 heteroatoms. The summed E-state index contributed by atoms with van der Waals surface area (Å²) in [5, 5.41) is 17.9. The van der Waals surface area contributed by atoms with E-state index in [0.29, 0.717) is 5.30 Å². The number of hydrogen-bond donors (Lipinski definition) is 2. The fraction of sp³-hybridized carbons (Fsp3) is 0.222. The Hall–Kier alpha value is -1.12. The van der Waals surface area contributed by atoms with Gasteiger partial charge in [0.15, 0.2) is 0 Å². The fourth-order valence-electron chi connectivity index (χ4n) is 1.08. The van der Waals surface area contributed by atoms with Crippen LogP contribution in [0.4, 0.5) is 0 Å². The number of carboxylic acid groups (broad SMARTS) is 1. The molecule has 0 saturated carbocycles. The SMILES string of the molecule is O=C(O)C(CO)[PH](=O)c1ccccc1. The third kappa shape index (κ3) is 2.44. The molecule has 2 atom stereocenters. The Balaban J connectivity index is 2.89. The van der Waals surface area contributed by atoms with Gasteiger partial charge in [-0.25, -0.2) is 0 Å². The van der Waals surface area contributed by atoms with Gasteiger partial charge in [-0.15, -0.1) is 0 Å². The van der Waals surface area contributed by atoms with Gasteiger partial charge in [-0.2, -0.15) is 0 Å². The standard InChI is InChI=1S/C9H11O4P/c10-6-8(9(11)12)14(13)7-4-2-1-3-5-7/h1-5,8,10,14H,6H2,(H,11,12). The maximum Gasteiger partial charge on any atom is 0.316 e. The average molecular weight is 214 g/mol. The van der Waals surface area contributed by atoms with Crippen molar-refractivity contribution >= 4 is 19.1 Å². The number of aliphatic hydroxyl groups is 1. The van der Waals surface area contributed by atoms with Crippen molar-refractivity contribution in [2.75, 3.05) is 6.61 Å². The molecule has 0 radical (unpaired) electrons. The van der Waals surface area contributed by atoms with E-state index < -0.39 is 26.0 Å². The van der Waals surface area contributed by atoms with Gasteiger partial charge in [0.2, 0.25) is 0 Å². The summed E-state index contributed by atoms with van der Waals surface area (Å²) in [6.45, 7) is -0.595. The van der Waals surface area contributed by atoms with Crippen LogP contribution in [0.2, 0.25) is 0 Å². The molecule has 1 aromatic carbocycles. The maximum atomic E-state index is 11.7. The van der Waals surface area contributed by atoms with Crippen LogP contribution >= 0.6 is 7.80 Å². The fourth-order valence-corrected chi connectivity index (χ4v) is 2.39. The molecule has 0 aliphatic rings. The van der Waals surface area contributed by atoms with Gasteiger partial charge >= 0.3 is 5.97 Å². The quantitative estimate of drug-likeness (QED) is 0.707. The lowest BCUT2D eigenvalue weighted by Gasteiger charge is -2.08. The van der Waals surface area contributed by atoms with Crippen molar-refractivity contribution in [1.29, 1.82) is 0 Å². The predicted octanol–water partition coefficient (Wildman–Crippen LogP) is 0.317. The van der Waals surface area contributed by atoms with Crippen LogP contribution < -0.4 is 5.30 Å². The molecule has 2 N–H and O–H groups in total. The summed E-state index contributed by atoms with van der Waals surface area (Å²) in [6, 6.07) is 8.34. The van der Waals surface area contributed by atoms with E-state index in [0.717, 1.165) is 0 Å². The lowest BCUT2D eigenvalue weighted by Crippen LogP contribution is -2.23. The molecule has 1 aromatic rings. The number of aliphatic hydroxyl groups excluding tert-OH is 1. The first-order valence-corrected chi connectivity index (χ1v) is 5.58. The van der Waals surface area contributed by atoms with Crippen molar-refractivity contribution in [2.24, 2.45) is 0 Å². The number of aliphatic carboxylic acids is 1. The van der Waals surface area contributed by atoms with E-state index in [1.165, 1.54) is 0 Å². The zero-order valence-electron chi connectivity index (χ0n) is 7.38. The van der Waals surface area contributed by atoms with E-state index in [9.17, 15) is 9.36 Å². The van der Waals surface area contributed by atoms with Crippen LogP contribution in [0.15, 0.2) is 30.3 Å². The van der Waals surface area contributed by atoms with E-state index in [-0.39, 0.29) is 0 Å². The maximum absolute atomic E-state index is 11.7. The Kier molecular flexibility index (Phi) is 3.86. The number of hydrogen-bond acceptors (Lipinski definition) is 3. The Morgan fingerprint density at radius 1 is 1.36 bits per heavy atom. The molecular formula is C9H11O4P.